The predicted molar refractivity (Wildman–Crippen MR) is 62.8 cm³/mol. The van der Waals surface area contributed by atoms with Crippen LogP contribution in [0.25, 0.3) is 0 Å². The van der Waals surface area contributed by atoms with Crippen molar-refractivity contribution in [2.75, 3.05) is 26.8 Å². The lowest BCUT2D eigenvalue weighted by atomic mass is 10.1. The van der Waals surface area contributed by atoms with E-state index in [1.807, 2.05) is 18.9 Å². The van der Waals surface area contributed by atoms with Crippen molar-refractivity contribution in [1.29, 1.82) is 0 Å². The fourth-order valence-corrected chi connectivity index (χ4v) is 1.24. The molecule has 3 nitrogen and oxygen atoms in total. The first-order chi connectivity index (χ1) is 7.07. The Kier molecular flexibility index (Phi) is 8.38. The summed E-state index contributed by atoms with van der Waals surface area (Å²) in [5, 5.41) is 0. The molecule has 0 aromatic carbocycles. The van der Waals surface area contributed by atoms with Crippen LogP contribution >= 0.6 is 0 Å². The normalized spacial score (nSPS) is 10.7. The van der Waals surface area contributed by atoms with Crippen molar-refractivity contribution < 1.29 is 9.53 Å². The van der Waals surface area contributed by atoms with Gasteiger partial charge >= 0.3 is 0 Å². The summed E-state index contributed by atoms with van der Waals surface area (Å²) in [5.41, 5.74) is 0. The third-order valence-electron chi connectivity index (χ3n) is 2.35. The van der Waals surface area contributed by atoms with Gasteiger partial charge in [-0.05, 0) is 25.7 Å². The average Bonchev–Trinajstić information content (AvgIpc) is 2.20. The van der Waals surface area contributed by atoms with Gasteiger partial charge in [0.2, 0.25) is 5.91 Å². The van der Waals surface area contributed by atoms with Gasteiger partial charge in [0.25, 0.3) is 0 Å². The van der Waals surface area contributed by atoms with Crippen LogP contribution in [0.5, 0.6) is 0 Å². The van der Waals surface area contributed by atoms with E-state index >= 15 is 0 Å². The van der Waals surface area contributed by atoms with Crippen LogP contribution in [0.2, 0.25) is 0 Å². The zero-order chi connectivity index (χ0) is 11.7. The smallest absolute Gasteiger partial charge is 0.222 e. The van der Waals surface area contributed by atoms with Crippen LogP contribution in [0.15, 0.2) is 0 Å². The Morgan fingerprint density at radius 1 is 1.40 bits per heavy atom. The molecule has 0 aliphatic heterocycles. The van der Waals surface area contributed by atoms with E-state index in [4.69, 9.17) is 4.74 Å². The molecule has 0 fully saturated rings. The largest absolute Gasteiger partial charge is 0.382 e. The molecule has 0 rings (SSSR count). The molecule has 0 saturated carbocycles. The van der Waals surface area contributed by atoms with Gasteiger partial charge in [-0.3, -0.25) is 4.79 Å². The molecule has 0 aliphatic carbocycles. The quantitative estimate of drug-likeness (QED) is 0.581. The first kappa shape index (κ1) is 14.4. The number of rotatable bonds is 8. The van der Waals surface area contributed by atoms with E-state index in [9.17, 15) is 4.79 Å². The van der Waals surface area contributed by atoms with Crippen molar-refractivity contribution in [3.8, 4) is 0 Å². The van der Waals surface area contributed by atoms with Gasteiger partial charge in [0, 0.05) is 33.2 Å². The summed E-state index contributed by atoms with van der Waals surface area (Å²) in [4.78, 5) is 13.4. The number of nitrogens with zero attached hydrogens (tertiary/aromatic N) is 1. The van der Waals surface area contributed by atoms with Crippen LogP contribution in [-0.4, -0.2) is 37.6 Å². The number of hydrogen-bond acceptors (Lipinski definition) is 2. The molecule has 0 atom stereocenters. The second kappa shape index (κ2) is 8.72. The third kappa shape index (κ3) is 8.43. The first-order valence-electron chi connectivity index (χ1n) is 5.89. The highest BCUT2D eigenvalue weighted by Gasteiger charge is 2.08. The van der Waals surface area contributed by atoms with Crippen molar-refractivity contribution in [2.24, 2.45) is 5.92 Å². The number of amides is 1. The lowest BCUT2D eigenvalue weighted by Crippen LogP contribution is -2.28. The van der Waals surface area contributed by atoms with Crippen molar-refractivity contribution in [3.63, 3.8) is 0 Å². The van der Waals surface area contributed by atoms with Crippen molar-refractivity contribution in [1.82, 2.24) is 4.90 Å². The van der Waals surface area contributed by atoms with E-state index in [-0.39, 0.29) is 5.91 Å². The molecule has 0 spiro atoms. The first-order valence-corrected chi connectivity index (χ1v) is 5.89. The molecule has 0 aliphatic rings. The molecular formula is C12H25NO2. The number of carbonyl (C=O) groups is 1. The van der Waals surface area contributed by atoms with Gasteiger partial charge in [-0.1, -0.05) is 13.8 Å². The molecule has 0 radical (unpaired) electrons. The van der Waals surface area contributed by atoms with Gasteiger partial charge in [0.05, 0.1) is 0 Å². The molecule has 15 heavy (non-hydrogen) atoms. The van der Waals surface area contributed by atoms with Crippen LogP contribution in [0.1, 0.15) is 40.0 Å². The van der Waals surface area contributed by atoms with E-state index in [2.05, 4.69) is 13.8 Å². The highest BCUT2D eigenvalue weighted by atomic mass is 16.5. The van der Waals surface area contributed by atoms with E-state index in [0.29, 0.717) is 18.9 Å². The number of ether oxygens (including phenoxy) is 1. The molecular weight excluding hydrogens is 190 g/mol. The number of hydrogen-bond donors (Lipinski definition) is 0. The van der Waals surface area contributed by atoms with Crippen LogP contribution < -0.4 is 0 Å². The summed E-state index contributed by atoms with van der Waals surface area (Å²) in [6.45, 7) is 8.61. The fourth-order valence-electron chi connectivity index (χ4n) is 1.24. The standard InChI is InChI=1S/C12H25NO2/c1-5-15-10-6-7-12(14)13(4)9-8-11(2)3/h11H,5-10H2,1-4H3. The summed E-state index contributed by atoms with van der Waals surface area (Å²) in [5.74, 6) is 0.888. The monoisotopic (exact) mass is 215 g/mol. The maximum Gasteiger partial charge on any atom is 0.222 e. The highest BCUT2D eigenvalue weighted by Crippen LogP contribution is 2.03. The molecule has 90 valence electrons. The molecule has 0 bridgehead atoms. The molecule has 0 saturated heterocycles. The highest BCUT2D eigenvalue weighted by molar-refractivity contribution is 5.75. The van der Waals surface area contributed by atoms with Gasteiger partial charge in [-0.15, -0.1) is 0 Å². The van der Waals surface area contributed by atoms with Gasteiger partial charge < -0.3 is 9.64 Å². The molecule has 3 heteroatoms. The van der Waals surface area contributed by atoms with Gasteiger partial charge in [0.15, 0.2) is 0 Å². The molecule has 0 aromatic rings. The van der Waals surface area contributed by atoms with Crippen LogP contribution in [-0.2, 0) is 9.53 Å². The molecule has 0 N–H and O–H groups in total. The van der Waals surface area contributed by atoms with E-state index < -0.39 is 0 Å². The molecule has 0 aromatic heterocycles. The summed E-state index contributed by atoms with van der Waals surface area (Å²) in [6.07, 6.45) is 2.51. The maximum absolute atomic E-state index is 11.6. The minimum atomic E-state index is 0.232. The maximum atomic E-state index is 11.6. The lowest BCUT2D eigenvalue weighted by molar-refractivity contribution is -0.130. The van der Waals surface area contributed by atoms with E-state index in [1.54, 1.807) is 0 Å². The van der Waals surface area contributed by atoms with Gasteiger partial charge in [-0.2, -0.15) is 0 Å². The fraction of sp³-hybridized carbons (Fsp3) is 0.917. The predicted octanol–water partition coefficient (Wildman–Crippen LogP) is 2.31. The molecule has 1 amide bonds. The van der Waals surface area contributed by atoms with Gasteiger partial charge in [-0.25, -0.2) is 0 Å². The topological polar surface area (TPSA) is 29.5 Å². The van der Waals surface area contributed by atoms with Crippen LogP contribution in [0.3, 0.4) is 0 Å². The Labute approximate surface area is 93.8 Å². The van der Waals surface area contributed by atoms with Crippen molar-refractivity contribution in [3.05, 3.63) is 0 Å². The average molecular weight is 215 g/mol. The SMILES string of the molecule is CCOCCCC(=O)N(C)CCC(C)C. The summed E-state index contributed by atoms with van der Waals surface area (Å²) >= 11 is 0. The zero-order valence-corrected chi connectivity index (χ0v) is 10.6. The second-order valence-electron chi connectivity index (χ2n) is 4.30. The van der Waals surface area contributed by atoms with Crippen molar-refractivity contribution in [2.45, 2.75) is 40.0 Å². The third-order valence-corrected chi connectivity index (χ3v) is 2.35. The van der Waals surface area contributed by atoms with E-state index in [1.165, 1.54) is 0 Å². The number of carbonyl (C=O) groups excluding carboxylic acids is 1. The van der Waals surface area contributed by atoms with Gasteiger partial charge in [0.1, 0.15) is 0 Å². The molecule has 0 heterocycles. The Hall–Kier alpha value is -0.570. The van der Waals surface area contributed by atoms with Crippen LogP contribution in [0.4, 0.5) is 0 Å². The minimum Gasteiger partial charge on any atom is -0.382 e. The lowest BCUT2D eigenvalue weighted by Gasteiger charge is -2.18. The Morgan fingerprint density at radius 2 is 2.07 bits per heavy atom. The molecule has 0 unspecified atom stereocenters. The van der Waals surface area contributed by atoms with E-state index in [0.717, 1.165) is 26.0 Å². The second-order valence-corrected chi connectivity index (χ2v) is 4.30. The summed E-state index contributed by atoms with van der Waals surface area (Å²) in [6, 6.07) is 0. The summed E-state index contributed by atoms with van der Waals surface area (Å²) < 4.78 is 5.19. The van der Waals surface area contributed by atoms with Crippen molar-refractivity contribution >= 4 is 5.91 Å². The Morgan fingerprint density at radius 3 is 2.60 bits per heavy atom. The Bertz CT molecular complexity index is 169. The Balaban J connectivity index is 3.51. The summed E-state index contributed by atoms with van der Waals surface area (Å²) in [7, 11) is 1.88. The minimum absolute atomic E-state index is 0.232. The van der Waals surface area contributed by atoms with Crippen LogP contribution in [0, 0.1) is 5.92 Å². The zero-order valence-electron chi connectivity index (χ0n) is 10.6.